The molecule has 0 aliphatic rings. The Hall–Kier alpha value is -1.98. The quantitative estimate of drug-likeness (QED) is 0.736. The summed E-state index contributed by atoms with van der Waals surface area (Å²) in [7, 11) is 0. The van der Waals surface area contributed by atoms with Gasteiger partial charge in [0.15, 0.2) is 0 Å². The number of rotatable bonds is 1. The third kappa shape index (κ3) is 1.86. The van der Waals surface area contributed by atoms with Gasteiger partial charge in [-0.25, -0.2) is 4.98 Å². The first kappa shape index (κ1) is 10.5. The van der Waals surface area contributed by atoms with Crippen LogP contribution in [-0.4, -0.2) is 9.97 Å². The summed E-state index contributed by atoms with van der Waals surface area (Å²) in [6.07, 6.45) is -3.35. The lowest BCUT2D eigenvalue weighted by Crippen LogP contribution is -2.07. The van der Waals surface area contributed by atoms with Crippen LogP contribution in [0.5, 0.6) is 0 Å². The minimum absolute atomic E-state index is 0.255. The van der Waals surface area contributed by atoms with Crippen molar-refractivity contribution in [3.63, 3.8) is 0 Å². The Bertz CT molecular complexity index is 502. The summed E-state index contributed by atoms with van der Waals surface area (Å²) < 4.78 is 36.9. The summed E-state index contributed by atoms with van der Waals surface area (Å²) in [5, 5.41) is 0. The van der Waals surface area contributed by atoms with E-state index in [0.717, 1.165) is 6.20 Å². The number of aromatic amines is 1. The number of alkyl halides is 3. The van der Waals surface area contributed by atoms with Crippen LogP contribution in [0.4, 0.5) is 18.9 Å². The van der Waals surface area contributed by atoms with Crippen LogP contribution in [0.25, 0.3) is 11.3 Å². The third-order valence-electron chi connectivity index (χ3n) is 2.10. The molecule has 0 aliphatic carbocycles. The Labute approximate surface area is 89.1 Å². The summed E-state index contributed by atoms with van der Waals surface area (Å²) in [5.41, 5.74) is 6.80. The Morgan fingerprint density at radius 1 is 1.19 bits per heavy atom. The molecule has 0 atom stereocenters. The van der Waals surface area contributed by atoms with Crippen molar-refractivity contribution in [2.45, 2.75) is 6.18 Å². The van der Waals surface area contributed by atoms with Crippen molar-refractivity contribution in [2.24, 2.45) is 0 Å². The van der Waals surface area contributed by atoms with E-state index in [-0.39, 0.29) is 5.69 Å². The fourth-order valence-electron chi connectivity index (χ4n) is 1.34. The molecule has 2 aromatic rings. The maximum absolute atomic E-state index is 12.3. The molecule has 6 heteroatoms. The van der Waals surface area contributed by atoms with Gasteiger partial charge in [-0.15, -0.1) is 0 Å². The van der Waals surface area contributed by atoms with Crippen LogP contribution in [-0.2, 0) is 6.18 Å². The van der Waals surface area contributed by atoms with E-state index in [1.807, 2.05) is 0 Å². The average molecular weight is 227 g/mol. The lowest BCUT2D eigenvalue weighted by atomic mass is 10.1. The molecule has 1 heterocycles. The number of aromatic nitrogens is 2. The molecule has 0 unspecified atom stereocenters. The van der Waals surface area contributed by atoms with Gasteiger partial charge < -0.3 is 10.7 Å². The molecule has 3 N–H and O–H groups in total. The van der Waals surface area contributed by atoms with Crippen molar-refractivity contribution >= 4 is 5.69 Å². The molecule has 84 valence electrons. The van der Waals surface area contributed by atoms with Gasteiger partial charge in [0.1, 0.15) is 0 Å². The molecule has 0 spiro atoms. The summed E-state index contributed by atoms with van der Waals surface area (Å²) in [6, 6.07) is 6.64. The van der Waals surface area contributed by atoms with Gasteiger partial charge in [-0.2, -0.15) is 13.2 Å². The second-order valence-corrected chi connectivity index (χ2v) is 3.23. The van der Waals surface area contributed by atoms with Crippen LogP contribution < -0.4 is 5.73 Å². The van der Waals surface area contributed by atoms with Crippen molar-refractivity contribution < 1.29 is 13.2 Å². The maximum atomic E-state index is 12.3. The normalized spacial score (nSPS) is 11.7. The monoisotopic (exact) mass is 227 g/mol. The number of nitrogens with two attached hydrogens (primary N) is 1. The van der Waals surface area contributed by atoms with Crippen molar-refractivity contribution in [3.8, 4) is 11.3 Å². The van der Waals surface area contributed by atoms with Crippen molar-refractivity contribution in [2.75, 3.05) is 5.73 Å². The van der Waals surface area contributed by atoms with E-state index >= 15 is 0 Å². The second-order valence-electron chi connectivity index (χ2n) is 3.23. The van der Waals surface area contributed by atoms with E-state index in [1.165, 1.54) is 0 Å². The summed E-state index contributed by atoms with van der Waals surface area (Å²) >= 11 is 0. The minimum atomic E-state index is -4.47. The highest BCUT2D eigenvalue weighted by Crippen LogP contribution is 2.30. The molecule has 2 rings (SSSR count). The van der Waals surface area contributed by atoms with E-state index < -0.39 is 12.0 Å². The maximum Gasteiger partial charge on any atom is 0.449 e. The zero-order valence-corrected chi connectivity index (χ0v) is 8.05. The fourth-order valence-corrected chi connectivity index (χ4v) is 1.34. The Balaban J connectivity index is 2.44. The number of para-hydroxylation sites is 1. The Kier molecular flexibility index (Phi) is 2.34. The van der Waals surface area contributed by atoms with Crippen LogP contribution in [0.15, 0.2) is 30.5 Å². The van der Waals surface area contributed by atoms with Gasteiger partial charge in [-0.05, 0) is 6.07 Å². The van der Waals surface area contributed by atoms with Gasteiger partial charge in [-0.1, -0.05) is 18.2 Å². The molecule has 0 radical (unpaired) electrons. The van der Waals surface area contributed by atoms with E-state index in [9.17, 15) is 13.2 Å². The van der Waals surface area contributed by atoms with Crippen molar-refractivity contribution in [1.82, 2.24) is 9.97 Å². The molecule has 0 amide bonds. The lowest BCUT2D eigenvalue weighted by Gasteiger charge is -2.03. The summed E-state index contributed by atoms with van der Waals surface area (Å²) in [4.78, 5) is 5.46. The average Bonchev–Trinajstić information content (AvgIpc) is 2.66. The third-order valence-corrected chi connectivity index (χ3v) is 2.10. The highest BCUT2D eigenvalue weighted by molar-refractivity contribution is 5.73. The van der Waals surface area contributed by atoms with Crippen LogP contribution in [0.1, 0.15) is 5.82 Å². The molecule has 1 aromatic carbocycles. The highest BCUT2D eigenvalue weighted by atomic mass is 19.4. The van der Waals surface area contributed by atoms with Crippen LogP contribution >= 0.6 is 0 Å². The highest BCUT2D eigenvalue weighted by Gasteiger charge is 2.34. The number of imidazole rings is 1. The van der Waals surface area contributed by atoms with Gasteiger partial charge >= 0.3 is 6.18 Å². The fraction of sp³-hybridized carbons (Fsp3) is 0.100. The zero-order valence-electron chi connectivity index (χ0n) is 8.05. The predicted molar refractivity (Wildman–Crippen MR) is 53.4 cm³/mol. The van der Waals surface area contributed by atoms with Gasteiger partial charge in [-0.3, -0.25) is 0 Å². The number of nitrogens with one attached hydrogen (secondary N) is 1. The predicted octanol–water partition coefficient (Wildman–Crippen LogP) is 2.68. The first-order chi connectivity index (χ1) is 7.48. The molecule has 0 saturated heterocycles. The smallest absolute Gasteiger partial charge is 0.398 e. The first-order valence-electron chi connectivity index (χ1n) is 4.45. The molecular formula is C10H8F3N3. The summed E-state index contributed by atoms with van der Waals surface area (Å²) in [5.74, 6) is -1.02. The number of anilines is 1. The van der Waals surface area contributed by atoms with Crippen molar-refractivity contribution in [1.29, 1.82) is 0 Å². The van der Waals surface area contributed by atoms with Gasteiger partial charge in [0, 0.05) is 11.3 Å². The topological polar surface area (TPSA) is 54.7 Å². The number of nitrogen functional groups attached to an aromatic ring is 1. The molecule has 0 bridgehead atoms. The molecular weight excluding hydrogens is 219 g/mol. The van der Waals surface area contributed by atoms with Crippen LogP contribution in [0.2, 0.25) is 0 Å². The molecule has 0 saturated carbocycles. The standard InChI is InChI=1S/C10H8F3N3/c11-10(12,13)9-15-5-8(16-9)6-3-1-2-4-7(6)14/h1-5H,14H2,(H,15,16). The first-order valence-corrected chi connectivity index (χ1v) is 4.45. The second kappa shape index (κ2) is 3.55. The van der Waals surface area contributed by atoms with E-state index in [1.54, 1.807) is 24.3 Å². The molecule has 1 aromatic heterocycles. The number of hydrogen-bond acceptors (Lipinski definition) is 2. The number of benzene rings is 1. The molecule has 3 nitrogen and oxygen atoms in total. The Morgan fingerprint density at radius 3 is 2.44 bits per heavy atom. The number of nitrogens with zero attached hydrogens (tertiary/aromatic N) is 1. The van der Waals surface area contributed by atoms with Gasteiger partial charge in [0.05, 0.1) is 11.9 Å². The molecule has 0 fully saturated rings. The zero-order chi connectivity index (χ0) is 11.8. The van der Waals surface area contributed by atoms with Gasteiger partial charge in [0.2, 0.25) is 5.82 Å². The van der Waals surface area contributed by atoms with Gasteiger partial charge in [0.25, 0.3) is 0 Å². The summed E-state index contributed by atoms with van der Waals surface area (Å²) in [6.45, 7) is 0. The number of halogens is 3. The van der Waals surface area contributed by atoms with E-state index in [2.05, 4.69) is 9.97 Å². The SMILES string of the molecule is Nc1ccccc1-c1cnc(C(F)(F)F)[nH]1. The van der Waals surface area contributed by atoms with Crippen LogP contribution in [0.3, 0.4) is 0 Å². The lowest BCUT2D eigenvalue weighted by molar-refractivity contribution is -0.144. The van der Waals surface area contributed by atoms with E-state index in [4.69, 9.17) is 5.73 Å². The number of H-pyrrole nitrogens is 1. The number of hydrogen-bond donors (Lipinski definition) is 2. The van der Waals surface area contributed by atoms with Crippen LogP contribution in [0, 0.1) is 0 Å². The van der Waals surface area contributed by atoms with Crippen molar-refractivity contribution in [3.05, 3.63) is 36.3 Å². The molecule has 16 heavy (non-hydrogen) atoms. The molecule has 0 aliphatic heterocycles. The Morgan fingerprint density at radius 2 is 1.88 bits per heavy atom. The largest absolute Gasteiger partial charge is 0.449 e. The minimum Gasteiger partial charge on any atom is -0.398 e. The van der Waals surface area contributed by atoms with E-state index in [0.29, 0.717) is 11.3 Å².